The monoisotopic (exact) mass is 942 g/mol. The molecule has 0 saturated carbocycles. The summed E-state index contributed by atoms with van der Waals surface area (Å²) in [6, 6.07) is 15.0. The van der Waals surface area contributed by atoms with Crippen LogP contribution in [0, 0.1) is 18.8 Å². The van der Waals surface area contributed by atoms with Gasteiger partial charge in [0.1, 0.15) is 18.8 Å². The van der Waals surface area contributed by atoms with Crippen molar-refractivity contribution in [1.82, 2.24) is 50.0 Å². The topological polar surface area (TPSA) is 269 Å². The average molecular weight is 943 g/mol. The third kappa shape index (κ3) is 13.0. The number of nitrogens with zero attached hydrogens (tertiary/aromatic N) is 7. The van der Waals surface area contributed by atoms with Gasteiger partial charge >= 0.3 is 12.1 Å². The van der Waals surface area contributed by atoms with Crippen molar-refractivity contribution in [2.24, 2.45) is 17.6 Å². The summed E-state index contributed by atoms with van der Waals surface area (Å²) < 4.78 is 7.42. The summed E-state index contributed by atoms with van der Waals surface area (Å²) in [5.74, 6) is -2.11. The van der Waals surface area contributed by atoms with Crippen LogP contribution >= 0.6 is 0 Å². The summed E-state index contributed by atoms with van der Waals surface area (Å²) in [5, 5.41) is 12.5. The third-order valence-corrected chi connectivity index (χ3v) is 12.2. The average Bonchev–Trinajstić information content (AvgIpc) is 4.16. The Morgan fingerprint density at radius 3 is 2.46 bits per heavy atom. The minimum atomic E-state index is -0.837. The number of carbonyl (C=O) groups excluding carboxylic acids is 7. The number of fused-ring (bicyclic) bond motifs is 1. The number of hydrogen-bond acceptors (Lipinski definition) is 12. The van der Waals surface area contributed by atoms with Crippen LogP contribution in [-0.4, -0.2) is 113 Å². The minimum absolute atomic E-state index is 0.00228. The minimum Gasteiger partial charge on any atom is -0.445 e. The van der Waals surface area contributed by atoms with E-state index in [4.69, 9.17) is 20.4 Å². The van der Waals surface area contributed by atoms with E-state index in [2.05, 4.69) is 31.0 Å². The van der Waals surface area contributed by atoms with Gasteiger partial charge in [0, 0.05) is 86.2 Å². The second-order valence-corrected chi connectivity index (χ2v) is 17.7. The molecule has 0 radical (unpaired) electrons. The smallest absolute Gasteiger partial charge is 0.410 e. The number of nitrogens with one attached hydrogen (secondary N) is 4. The number of likely N-dealkylation sites (tertiary alicyclic amines) is 1. The second kappa shape index (κ2) is 22.8. The summed E-state index contributed by atoms with van der Waals surface area (Å²) in [6.07, 6.45) is 8.33. The van der Waals surface area contributed by atoms with Gasteiger partial charge in [-0.2, -0.15) is 5.10 Å². The van der Waals surface area contributed by atoms with E-state index in [1.165, 1.54) is 18.5 Å². The van der Waals surface area contributed by atoms with Gasteiger partial charge in [0.05, 0.1) is 23.1 Å². The molecule has 4 aromatic heterocycles. The maximum absolute atomic E-state index is 13.7. The fraction of sp³-hybridized carbons (Fsp3) is 0.408. The number of aromatic amines is 1. The van der Waals surface area contributed by atoms with Crippen molar-refractivity contribution in [2.75, 3.05) is 31.5 Å². The van der Waals surface area contributed by atoms with E-state index in [0.29, 0.717) is 62.1 Å². The van der Waals surface area contributed by atoms with Crippen molar-refractivity contribution in [3.8, 4) is 22.6 Å². The molecule has 0 bridgehead atoms. The first-order valence-corrected chi connectivity index (χ1v) is 23.3. The molecule has 1 unspecified atom stereocenters. The molecule has 5 aromatic rings. The van der Waals surface area contributed by atoms with Gasteiger partial charge in [0.2, 0.25) is 11.8 Å². The Hall–Kier alpha value is -7.77. The quantitative estimate of drug-likeness (QED) is 0.0443. The number of Topliss-reactive ketones (excluding diaryl/α,β-unsaturated/α-hetero) is 1. The number of nitrogens with two attached hydrogens (primary N) is 1. The number of H-pyrrole nitrogens is 1. The van der Waals surface area contributed by atoms with Crippen molar-refractivity contribution < 1.29 is 38.3 Å². The van der Waals surface area contributed by atoms with Crippen LogP contribution in [0.3, 0.4) is 0 Å². The van der Waals surface area contributed by atoms with Crippen molar-refractivity contribution >= 4 is 52.9 Å². The molecule has 20 heteroatoms. The zero-order valence-electron chi connectivity index (χ0n) is 39.0. The Labute approximate surface area is 398 Å². The van der Waals surface area contributed by atoms with Crippen LogP contribution in [0.4, 0.5) is 15.3 Å². The number of benzene rings is 1. The number of imide groups is 1. The van der Waals surface area contributed by atoms with Crippen molar-refractivity contribution in [3.63, 3.8) is 0 Å². The Morgan fingerprint density at radius 1 is 0.942 bits per heavy atom. The van der Waals surface area contributed by atoms with E-state index >= 15 is 0 Å². The molecule has 3 atom stereocenters. The number of imidazole rings is 1. The van der Waals surface area contributed by atoms with E-state index in [9.17, 15) is 33.6 Å². The lowest BCUT2D eigenvalue weighted by molar-refractivity contribution is -0.137. The molecule has 69 heavy (non-hydrogen) atoms. The Kier molecular flexibility index (Phi) is 16.3. The third-order valence-electron chi connectivity index (χ3n) is 12.2. The lowest BCUT2D eigenvalue weighted by Gasteiger charge is -2.24. The maximum atomic E-state index is 13.7. The maximum Gasteiger partial charge on any atom is 0.410 e. The fourth-order valence-electron chi connectivity index (χ4n) is 8.44. The molecule has 20 nitrogen and oxygen atoms in total. The summed E-state index contributed by atoms with van der Waals surface area (Å²) in [4.78, 5) is 109. The van der Waals surface area contributed by atoms with Crippen molar-refractivity contribution in [1.29, 1.82) is 0 Å². The molecule has 0 aliphatic carbocycles. The van der Waals surface area contributed by atoms with E-state index in [0.717, 1.165) is 39.1 Å². The van der Waals surface area contributed by atoms with Crippen LogP contribution in [-0.2, 0) is 35.3 Å². The normalized spacial score (nSPS) is 15.4. The van der Waals surface area contributed by atoms with Crippen LogP contribution in [0.2, 0.25) is 0 Å². The first-order valence-electron chi connectivity index (χ1n) is 23.3. The van der Waals surface area contributed by atoms with Crippen LogP contribution in [0.1, 0.15) is 88.2 Å². The molecular formula is C49H58N12O8. The van der Waals surface area contributed by atoms with Gasteiger partial charge in [0.25, 0.3) is 11.8 Å². The number of aromatic nitrogens is 6. The van der Waals surface area contributed by atoms with Gasteiger partial charge in [-0.25, -0.2) is 24.1 Å². The highest BCUT2D eigenvalue weighted by molar-refractivity contribution is 6.12. The number of ketones is 1. The predicted octanol–water partition coefficient (Wildman–Crippen LogP) is 5.20. The first-order chi connectivity index (χ1) is 33.2. The molecule has 7 rings (SSSR count). The molecular weight excluding hydrogens is 885 g/mol. The summed E-state index contributed by atoms with van der Waals surface area (Å²) in [5.41, 5.74) is 11.0. The number of primary amides is 1. The zero-order chi connectivity index (χ0) is 49.0. The Balaban J connectivity index is 0.906. The van der Waals surface area contributed by atoms with Gasteiger partial charge in [-0.1, -0.05) is 38.5 Å². The Bertz CT molecular complexity index is 2690. The molecule has 2 aliphatic heterocycles. The number of unbranched alkanes of at least 4 members (excludes halogenated alkanes) is 2. The number of anilines is 1. The lowest BCUT2D eigenvalue weighted by atomic mass is 9.89. The molecule has 6 N–H and O–H groups in total. The predicted molar refractivity (Wildman–Crippen MR) is 254 cm³/mol. The first kappa shape index (κ1) is 49.1. The second-order valence-electron chi connectivity index (χ2n) is 17.7. The number of rotatable bonds is 22. The van der Waals surface area contributed by atoms with Crippen LogP contribution < -0.4 is 21.7 Å². The Morgan fingerprint density at radius 2 is 1.72 bits per heavy atom. The number of ether oxygens (including phenoxy) is 1. The van der Waals surface area contributed by atoms with Crippen LogP contribution in [0.5, 0.6) is 0 Å². The van der Waals surface area contributed by atoms with Gasteiger partial charge < -0.3 is 36.3 Å². The number of pyridine rings is 2. The van der Waals surface area contributed by atoms with Gasteiger partial charge in [-0.15, -0.1) is 0 Å². The fourth-order valence-corrected chi connectivity index (χ4v) is 8.44. The van der Waals surface area contributed by atoms with Crippen molar-refractivity contribution in [3.05, 3.63) is 96.4 Å². The summed E-state index contributed by atoms with van der Waals surface area (Å²) in [6.45, 7) is 6.92. The molecule has 7 amide bonds. The summed E-state index contributed by atoms with van der Waals surface area (Å²) in [7, 11) is 0. The highest BCUT2D eigenvalue weighted by atomic mass is 16.6. The summed E-state index contributed by atoms with van der Waals surface area (Å²) >= 11 is 0. The molecule has 2 aliphatic rings. The largest absolute Gasteiger partial charge is 0.445 e. The molecule has 1 fully saturated rings. The standard InChI is InChI=1S/C49H58N12O8/c1-30(2)43(56-40(63)12-5-4-6-23-60-41(64)19-20-42(60)65)38(62)25-33(10-8-22-51-48(50)67)47(66)55-36-16-13-32(14-17-36)28-69-49(68)59-24-21-35(26-59)46-57-44(34-15-18-39-52-29-53-61(39)27-34)45(58-46)37-11-7-9-31(3)54-37/h7,9,11,13-20,27,29-30,33,35,43H,4-6,8,10,12,21-26,28H2,1-3H3,(H,55,66)(H,56,63)(H,57,58)(H3,50,51,67)/t33-,35?,43+/m1/s1. The van der Waals surface area contributed by atoms with Gasteiger partial charge in [0.15, 0.2) is 11.4 Å². The number of urea groups is 1. The molecule has 6 heterocycles. The van der Waals surface area contributed by atoms with Crippen LogP contribution in [0.15, 0.2) is 79.3 Å². The number of aryl methyl sites for hydroxylation is 1. The van der Waals surface area contributed by atoms with Crippen molar-refractivity contribution in [2.45, 2.75) is 90.7 Å². The number of amides is 7. The lowest BCUT2D eigenvalue weighted by Crippen LogP contribution is -2.45. The molecule has 1 aromatic carbocycles. The van der Waals surface area contributed by atoms with Gasteiger partial charge in [-0.05, 0) is 86.9 Å². The highest BCUT2D eigenvalue weighted by Gasteiger charge is 2.33. The number of hydrogen-bond donors (Lipinski definition) is 5. The molecule has 1 saturated heterocycles. The van der Waals surface area contributed by atoms with E-state index in [1.807, 2.05) is 57.3 Å². The SMILES string of the molecule is Cc1cccc(-c2[nH]c(C3CCN(C(=O)OCc4ccc(NC(=O)[C@H](CCCNC(N)=O)CC(=O)[C@@H](NC(=O)CCCCCN5C(=O)C=CC5=O)C(C)C)cc4)C3)nc2-c2ccc3ncnn3c2)n1. The number of carbonyl (C=O) groups is 7. The van der Waals surface area contributed by atoms with Gasteiger partial charge in [-0.3, -0.25) is 33.9 Å². The molecule has 362 valence electrons. The zero-order valence-corrected chi connectivity index (χ0v) is 39.0. The van der Waals surface area contributed by atoms with E-state index in [-0.39, 0.29) is 74.3 Å². The molecule has 0 spiro atoms. The van der Waals surface area contributed by atoms with E-state index in [1.54, 1.807) is 33.7 Å². The van der Waals surface area contributed by atoms with Crippen LogP contribution in [0.25, 0.3) is 28.3 Å². The highest BCUT2D eigenvalue weighted by Crippen LogP contribution is 2.34. The van der Waals surface area contributed by atoms with E-state index < -0.39 is 30.0 Å².